The zero-order valence-electron chi connectivity index (χ0n) is 12.8. The van der Waals surface area contributed by atoms with Gasteiger partial charge in [-0.25, -0.2) is 14.4 Å². The molecule has 2 heterocycles. The van der Waals surface area contributed by atoms with Crippen LogP contribution in [0.2, 0.25) is 5.02 Å². The van der Waals surface area contributed by atoms with Crippen LogP contribution >= 0.6 is 11.6 Å². The Kier molecular flexibility index (Phi) is 4.13. The molecular weight excluding hydrogens is 317 g/mol. The molecule has 0 unspecified atom stereocenters. The fourth-order valence-corrected chi connectivity index (χ4v) is 2.72. The summed E-state index contributed by atoms with van der Waals surface area (Å²) in [6.07, 6.45) is 2.33. The number of rotatable bonds is 3. The Morgan fingerprint density at radius 3 is 2.83 bits per heavy atom. The van der Waals surface area contributed by atoms with Gasteiger partial charge >= 0.3 is 0 Å². The third-order valence-electron chi connectivity index (χ3n) is 3.77. The first-order valence-electron chi connectivity index (χ1n) is 7.15. The molecule has 0 radical (unpaired) electrons. The maximum Gasteiger partial charge on any atom is 0.167 e. The first-order valence-corrected chi connectivity index (χ1v) is 7.53. The average molecular weight is 332 g/mol. The van der Waals surface area contributed by atoms with Gasteiger partial charge in [0, 0.05) is 44.3 Å². The number of likely N-dealkylation sites (N-methyl/N-ethyl adjacent to an activating group) is 1. The highest BCUT2D eigenvalue weighted by Crippen LogP contribution is 2.28. The molecule has 1 aromatic carbocycles. The molecule has 1 aliphatic heterocycles. The van der Waals surface area contributed by atoms with Gasteiger partial charge in [-0.15, -0.1) is 0 Å². The van der Waals surface area contributed by atoms with Crippen LogP contribution < -0.4 is 0 Å². The lowest BCUT2D eigenvalue weighted by Gasteiger charge is -2.11. The lowest BCUT2D eigenvalue weighted by Crippen LogP contribution is -2.22. The Bertz CT molecular complexity index is 817. The number of benzene rings is 1. The Balaban J connectivity index is 1.86. The molecule has 118 valence electrons. The quantitative estimate of drug-likeness (QED) is 0.809. The van der Waals surface area contributed by atoms with Gasteiger partial charge in [0.2, 0.25) is 0 Å². The minimum Gasteiger partial charge on any atom is -0.366 e. The van der Waals surface area contributed by atoms with Crippen molar-refractivity contribution in [2.75, 3.05) is 14.1 Å². The molecule has 6 heteroatoms. The van der Waals surface area contributed by atoms with Crippen molar-refractivity contribution in [3.63, 3.8) is 0 Å². The molecule has 23 heavy (non-hydrogen) atoms. The number of ketones is 1. The predicted octanol–water partition coefficient (Wildman–Crippen LogP) is 3.45. The first kappa shape index (κ1) is 15.6. The van der Waals surface area contributed by atoms with E-state index >= 15 is 0 Å². The van der Waals surface area contributed by atoms with Crippen molar-refractivity contribution in [1.29, 1.82) is 0 Å². The number of Topliss-reactive ketones (excluding diaryl/α,β-unsaturated/α-hetero) is 1. The van der Waals surface area contributed by atoms with Crippen LogP contribution in [0.15, 0.2) is 35.5 Å². The van der Waals surface area contributed by atoms with Gasteiger partial charge in [0.1, 0.15) is 11.7 Å². The number of hydrogen-bond acceptors (Lipinski definition) is 4. The van der Waals surface area contributed by atoms with Gasteiger partial charge in [-0.1, -0.05) is 17.7 Å². The average Bonchev–Trinajstić information content (AvgIpc) is 2.95. The molecule has 0 fully saturated rings. The molecule has 1 aliphatic rings. The maximum absolute atomic E-state index is 13.2. The van der Waals surface area contributed by atoms with Crippen LogP contribution in [-0.4, -0.2) is 35.6 Å². The lowest BCUT2D eigenvalue weighted by molar-refractivity contribution is 0.0992. The first-order chi connectivity index (χ1) is 11.0. The van der Waals surface area contributed by atoms with Crippen molar-refractivity contribution in [1.82, 2.24) is 9.88 Å². The topological polar surface area (TPSA) is 45.6 Å². The molecule has 0 saturated heterocycles. The number of aliphatic imine (C=N–C) groups is 1. The van der Waals surface area contributed by atoms with Crippen LogP contribution in [0.1, 0.15) is 21.5 Å². The van der Waals surface area contributed by atoms with E-state index in [0.717, 1.165) is 11.4 Å². The van der Waals surface area contributed by atoms with Crippen LogP contribution in [0, 0.1) is 5.82 Å². The highest BCUT2D eigenvalue weighted by molar-refractivity contribution is 6.30. The second kappa shape index (κ2) is 6.08. The highest BCUT2D eigenvalue weighted by Gasteiger charge is 2.23. The molecule has 0 bridgehead atoms. The van der Waals surface area contributed by atoms with Crippen LogP contribution in [0.4, 0.5) is 10.2 Å². The predicted molar refractivity (Wildman–Crippen MR) is 88.2 cm³/mol. The standard InChI is InChI=1S/C17H15ClFN3O/c1-22(2)16-9-12-11(5-6-20-17(12)21-16)15(23)8-10-3-4-14(19)13(18)7-10/h3-7H,8-9H2,1-2H3. The van der Waals surface area contributed by atoms with Gasteiger partial charge in [-0.2, -0.15) is 0 Å². The molecule has 1 aromatic heterocycles. The Morgan fingerprint density at radius 2 is 2.13 bits per heavy atom. The van der Waals surface area contributed by atoms with E-state index in [1.54, 1.807) is 18.3 Å². The van der Waals surface area contributed by atoms with Crippen LogP contribution in [0.5, 0.6) is 0 Å². The van der Waals surface area contributed by atoms with E-state index in [1.165, 1.54) is 12.1 Å². The zero-order valence-corrected chi connectivity index (χ0v) is 13.6. The number of nitrogens with zero attached hydrogens (tertiary/aromatic N) is 3. The Labute approximate surface area is 138 Å². The largest absolute Gasteiger partial charge is 0.366 e. The van der Waals surface area contributed by atoms with E-state index in [-0.39, 0.29) is 17.2 Å². The summed E-state index contributed by atoms with van der Waals surface area (Å²) in [5, 5.41) is 0.0217. The number of halogens is 2. The van der Waals surface area contributed by atoms with E-state index in [4.69, 9.17) is 11.6 Å². The molecule has 4 nitrogen and oxygen atoms in total. The summed E-state index contributed by atoms with van der Waals surface area (Å²) in [7, 11) is 3.82. The molecule has 2 aromatic rings. The Hall–Kier alpha value is -2.27. The van der Waals surface area contributed by atoms with Gasteiger partial charge in [0.25, 0.3) is 0 Å². The van der Waals surface area contributed by atoms with E-state index in [2.05, 4.69) is 9.98 Å². The number of carbonyl (C=O) groups excluding carboxylic acids is 1. The summed E-state index contributed by atoms with van der Waals surface area (Å²) in [6, 6.07) is 6.04. The minimum absolute atomic E-state index is 0.0217. The number of fused-ring (bicyclic) bond motifs is 1. The molecular formula is C17H15ClFN3O. The van der Waals surface area contributed by atoms with E-state index in [0.29, 0.717) is 23.4 Å². The molecule has 3 rings (SSSR count). The number of hydrogen-bond donors (Lipinski definition) is 0. The summed E-state index contributed by atoms with van der Waals surface area (Å²) in [6.45, 7) is 0. The number of pyridine rings is 1. The molecule has 0 saturated carbocycles. The number of carbonyl (C=O) groups is 1. The fourth-order valence-electron chi connectivity index (χ4n) is 2.52. The second-order valence-electron chi connectivity index (χ2n) is 5.61. The summed E-state index contributed by atoms with van der Waals surface area (Å²) in [4.78, 5) is 23.2. The van der Waals surface area contributed by atoms with Gasteiger partial charge < -0.3 is 4.90 Å². The summed E-state index contributed by atoms with van der Waals surface area (Å²) < 4.78 is 13.2. The summed E-state index contributed by atoms with van der Waals surface area (Å²) >= 11 is 5.77. The van der Waals surface area contributed by atoms with Crippen molar-refractivity contribution in [3.05, 3.63) is 58.0 Å². The molecule has 0 amide bonds. The van der Waals surface area contributed by atoms with Gasteiger partial charge in [0.15, 0.2) is 11.6 Å². The van der Waals surface area contributed by atoms with Crippen molar-refractivity contribution in [2.45, 2.75) is 12.8 Å². The second-order valence-corrected chi connectivity index (χ2v) is 6.02. The monoisotopic (exact) mass is 331 g/mol. The van der Waals surface area contributed by atoms with Crippen molar-refractivity contribution in [2.24, 2.45) is 4.99 Å². The fraction of sp³-hybridized carbons (Fsp3) is 0.235. The maximum atomic E-state index is 13.2. The molecule has 0 N–H and O–H groups in total. The SMILES string of the molecule is CN(C)C1=Nc2nccc(C(=O)Cc3ccc(F)c(Cl)c3)c2C1. The molecule has 0 atom stereocenters. The van der Waals surface area contributed by atoms with Crippen molar-refractivity contribution < 1.29 is 9.18 Å². The van der Waals surface area contributed by atoms with Gasteiger partial charge in [0.05, 0.1) is 5.02 Å². The van der Waals surface area contributed by atoms with Crippen LogP contribution in [0.25, 0.3) is 0 Å². The normalized spacial score (nSPS) is 12.8. The summed E-state index contributed by atoms with van der Waals surface area (Å²) in [5.41, 5.74) is 2.13. The van der Waals surface area contributed by atoms with E-state index in [9.17, 15) is 9.18 Å². The van der Waals surface area contributed by atoms with E-state index in [1.807, 2.05) is 19.0 Å². The van der Waals surface area contributed by atoms with E-state index < -0.39 is 5.82 Å². The molecule has 0 aliphatic carbocycles. The van der Waals surface area contributed by atoms with Crippen LogP contribution in [-0.2, 0) is 12.8 Å². The third-order valence-corrected chi connectivity index (χ3v) is 4.06. The number of amidine groups is 1. The van der Waals surface area contributed by atoms with Crippen LogP contribution in [0.3, 0.4) is 0 Å². The summed E-state index contributed by atoms with van der Waals surface area (Å²) in [5.74, 6) is 0.924. The van der Waals surface area contributed by atoms with Crippen molar-refractivity contribution in [3.8, 4) is 0 Å². The van der Waals surface area contributed by atoms with Crippen molar-refractivity contribution >= 4 is 29.0 Å². The third kappa shape index (κ3) is 3.10. The Morgan fingerprint density at radius 1 is 1.35 bits per heavy atom. The smallest absolute Gasteiger partial charge is 0.167 e. The van der Waals surface area contributed by atoms with Gasteiger partial charge in [-0.3, -0.25) is 4.79 Å². The van der Waals surface area contributed by atoms with Gasteiger partial charge in [-0.05, 0) is 23.8 Å². The lowest BCUT2D eigenvalue weighted by atomic mass is 9.98. The molecule has 0 spiro atoms. The zero-order chi connectivity index (χ0) is 16.6. The minimum atomic E-state index is -0.489. The number of aromatic nitrogens is 1. The highest BCUT2D eigenvalue weighted by atomic mass is 35.5.